The largest absolute Gasteiger partial charge is 0.487 e. The van der Waals surface area contributed by atoms with Crippen molar-refractivity contribution in [1.29, 1.82) is 0 Å². The number of benzene rings is 3. The third kappa shape index (κ3) is 7.04. The Hall–Kier alpha value is -4.39. The second-order valence-electron chi connectivity index (χ2n) is 7.70. The number of carbonyl (C=O) groups excluding carboxylic acids is 1. The lowest BCUT2D eigenvalue weighted by molar-refractivity contribution is -0.140. The number of carbonyl (C=O) groups is 1. The Morgan fingerprint density at radius 1 is 0.886 bits per heavy atom. The van der Waals surface area contributed by atoms with Gasteiger partial charge < -0.3 is 18.7 Å². The predicted octanol–water partition coefficient (Wildman–Crippen LogP) is 5.79. The van der Waals surface area contributed by atoms with Crippen LogP contribution >= 0.6 is 0 Å². The summed E-state index contributed by atoms with van der Waals surface area (Å²) in [7, 11) is 1.37. The molecular weight excluding hydrogens is 444 g/mol. The average molecular weight is 471 g/mol. The van der Waals surface area contributed by atoms with Crippen LogP contribution in [0.25, 0.3) is 11.5 Å². The molecule has 0 amide bonds. The van der Waals surface area contributed by atoms with Gasteiger partial charge in [-0.05, 0) is 35.4 Å². The van der Waals surface area contributed by atoms with Crippen LogP contribution in [-0.4, -0.2) is 23.8 Å². The number of ether oxygens (including phenoxy) is 2. The first-order valence-electron chi connectivity index (χ1n) is 11.2. The minimum Gasteiger partial charge on any atom is -0.487 e. The van der Waals surface area contributed by atoms with E-state index in [1.165, 1.54) is 7.11 Å². The highest BCUT2D eigenvalue weighted by molar-refractivity contribution is 6.01. The normalized spacial score (nSPS) is 11.2. The fourth-order valence-electron chi connectivity index (χ4n) is 3.31. The van der Waals surface area contributed by atoms with Gasteiger partial charge in [0.15, 0.2) is 0 Å². The Morgan fingerprint density at radius 2 is 1.60 bits per heavy atom. The molecule has 0 spiro atoms. The Morgan fingerprint density at radius 3 is 2.31 bits per heavy atom. The second kappa shape index (κ2) is 12.2. The topological polar surface area (TPSA) is 83.2 Å². The zero-order chi connectivity index (χ0) is 24.3. The Balaban J connectivity index is 1.30. The van der Waals surface area contributed by atoms with Crippen molar-refractivity contribution in [2.45, 2.75) is 26.1 Å². The van der Waals surface area contributed by atoms with Crippen LogP contribution in [0, 0.1) is 0 Å². The highest BCUT2D eigenvalue weighted by Gasteiger charge is 2.09. The molecule has 0 saturated heterocycles. The molecule has 1 aromatic heterocycles. The summed E-state index contributed by atoms with van der Waals surface area (Å²) >= 11 is 0. The molecule has 0 fully saturated rings. The van der Waals surface area contributed by atoms with Crippen LogP contribution in [0.2, 0.25) is 0 Å². The molecular formula is C28H26N2O5. The molecule has 35 heavy (non-hydrogen) atoms. The molecule has 7 nitrogen and oxygen atoms in total. The highest BCUT2D eigenvalue weighted by atomic mass is 16.6. The molecule has 0 radical (unpaired) electrons. The highest BCUT2D eigenvalue weighted by Crippen LogP contribution is 2.20. The van der Waals surface area contributed by atoms with E-state index in [2.05, 4.69) is 10.1 Å². The summed E-state index contributed by atoms with van der Waals surface area (Å²) in [5.74, 6) is 0.995. The van der Waals surface area contributed by atoms with Crippen LogP contribution in [0.4, 0.5) is 0 Å². The van der Waals surface area contributed by atoms with Gasteiger partial charge in [0, 0.05) is 12.0 Å². The van der Waals surface area contributed by atoms with Crippen LogP contribution in [0.1, 0.15) is 29.7 Å². The van der Waals surface area contributed by atoms with Gasteiger partial charge in [0.2, 0.25) is 5.89 Å². The third-order valence-electron chi connectivity index (χ3n) is 5.19. The van der Waals surface area contributed by atoms with Crippen molar-refractivity contribution in [1.82, 2.24) is 4.98 Å². The third-order valence-corrected chi connectivity index (χ3v) is 5.19. The summed E-state index contributed by atoms with van der Waals surface area (Å²) < 4.78 is 16.1. The van der Waals surface area contributed by atoms with Crippen molar-refractivity contribution >= 4 is 11.7 Å². The molecule has 3 aromatic carbocycles. The van der Waals surface area contributed by atoms with Crippen LogP contribution in [0.5, 0.6) is 5.75 Å². The molecule has 178 valence electrons. The van der Waals surface area contributed by atoms with Crippen LogP contribution in [-0.2, 0) is 27.6 Å². The summed E-state index contributed by atoms with van der Waals surface area (Å²) in [5.41, 5.74) is 4.17. The van der Waals surface area contributed by atoms with Gasteiger partial charge in [-0.1, -0.05) is 65.8 Å². The van der Waals surface area contributed by atoms with Crippen LogP contribution in [0.15, 0.2) is 101 Å². The molecule has 4 rings (SSSR count). The standard InChI is InChI=1S/C28H26N2O5/c1-32-27(31)17-16-26(22-8-4-2-5-9-22)30-35-18-21-12-14-25(15-13-21)33-19-24-20-34-28(29-24)23-10-6-3-7-11-23/h2-15,20H,16-19H2,1H3/b30-26-. The lowest BCUT2D eigenvalue weighted by atomic mass is 10.1. The van der Waals surface area contributed by atoms with Crippen LogP contribution in [0.3, 0.4) is 0 Å². The number of nitrogens with zero attached hydrogens (tertiary/aromatic N) is 2. The second-order valence-corrected chi connectivity index (χ2v) is 7.70. The van der Waals surface area contributed by atoms with Crippen molar-refractivity contribution in [3.63, 3.8) is 0 Å². The zero-order valence-electron chi connectivity index (χ0n) is 19.4. The lowest BCUT2D eigenvalue weighted by Crippen LogP contribution is -2.08. The fraction of sp³-hybridized carbons (Fsp3) is 0.179. The van der Waals surface area contributed by atoms with Gasteiger partial charge in [0.1, 0.15) is 30.9 Å². The quantitative estimate of drug-likeness (QED) is 0.157. The molecule has 0 aliphatic carbocycles. The number of oxime groups is 1. The summed E-state index contributed by atoms with van der Waals surface area (Å²) in [4.78, 5) is 21.6. The Bertz CT molecular complexity index is 1240. The number of oxazole rings is 1. The van der Waals surface area contributed by atoms with E-state index in [0.29, 0.717) is 42.7 Å². The van der Waals surface area contributed by atoms with Crippen molar-refractivity contribution in [2.24, 2.45) is 5.16 Å². The SMILES string of the molecule is COC(=O)CC/C(=N/OCc1ccc(OCc2coc(-c3ccccc3)n2)cc1)c1ccccc1. The van der Waals surface area contributed by atoms with E-state index in [0.717, 1.165) is 16.7 Å². The van der Waals surface area contributed by atoms with E-state index in [9.17, 15) is 4.79 Å². The van der Waals surface area contributed by atoms with E-state index >= 15 is 0 Å². The molecule has 0 unspecified atom stereocenters. The monoisotopic (exact) mass is 470 g/mol. The smallest absolute Gasteiger partial charge is 0.305 e. The Labute approximate surface area is 204 Å². The molecule has 4 aromatic rings. The summed E-state index contributed by atoms with van der Waals surface area (Å²) in [6.45, 7) is 0.593. The van der Waals surface area contributed by atoms with E-state index < -0.39 is 0 Å². The molecule has 0 saturated carbocycles. The van der Waals surface area contributed by atoms with Gasteiger partial charge in [-0.3, -0.25) is 4.79 Å². The number of hydrogen-bond acceptors (Lipinski definition) is 7. The maximum absolute atomic E-state index is 11.5. The van der Waals surface area contributed by atoms with Crippen molar-refractivity contribution in [3.8, 4) is 17.2 Å². The molecule has 7 heteroatoms. The first kappa shape index (κ1) is 23.8. The number of esters is 1. The first-order chi connectivity index (χ1) is 17.2. The Kier molecular flexibility index (Phi) is 8.27. The molecule has 0 aliphatic rings. The van der Waals surface area contributed by atoms with Crippen molar-refractivity contribution in [3.05, 3.63) is 108 Å². The molecule has 0 aliphatic heterocycles. The van der Waals surface area contributed by atoms with Crippen molar-refractivity contribution in [2.75, 3.05) is 7.11 Å². The maximum Gasteiger partial charge on any atom is 0.305 e. The number of methoxy groups -OCH3 is 1. The van der Waals surface area contributed by atoms with Gasteiger partial charge in [-0.25, -0.2) is 4.98 Å². The van der Waals surface area contributed by atoms with Crippen molar-refractivity contribution < 1.29 is 23.5 Å². The summed E-state index contributed by atoms with van der Waals surface area (Å²) in [6, 6.07) is 26.9. The van der Waals surface area contributed by atoms with Gasteiger partial charge in [-0.15, -0.1) is 0 Å². The summed E-state index contributed by atoms with van der Waals surface area (Å²) in [6.07, 6.45) is 2.27. The molecule has 0 atom stereocenters. The van der Waals surface area contributed by atoms with Gasteiger partial charge in [0.05, 0.1) is 19.2 Å². The zero-order valence-corrected chi connectivity index (χ0v) is 19.4. The molecule has 1 heterocycles. The van der Waals surface area contributed by atoms with Crippen LogP contribution < -0.4 is 4.74 Å². The van der Waals surface area contributed by atoms with E-state index in [1.807, 2.05) is 84.9 Å². The first-order valence-corrected chi connectivity index (χ1v) is 11.2. The van der Waals surface area contributed by atoms with E-state index in [-0.39, 0.29) is 12.4 Å². The predicted molar refractivity (Wildman–Crippen MR) is 132 cm³/mol. The number of hydrogen-bond donors (Lipinski definition) is 0. The van der Waals surface area contributed by atoms with E-state index in [4.69, 9.17) is 18.7 Å². The summed E-state index contributed by atoms with van der Waals surface area (Å²) in [5, 5.41) is 4.28. The number of aromatic nitrogens is 1. The molecule has 0 N–H and O–H groups in total. The van der Waals surface area contributed by atoms with Gasteiger partial charge in [-0.2, -0.15) is 0 Å². The minimum absolute atomic E-state index is 0.234. The average Bonchev–Trinajstić information content (AvgIpc) is 3.40. The molecule has 0 bridgehead atoms. The lowest BCUT2D eigenvalue weighted by Gasteiger charge is -2.08. The maximum atomic E-state index is 11.5. The van der Waals surface area contributed by atoms with Gasteiger partial charge >= 0.3 is 5.97 Å². The number of rotatable bonds is 11. The fourth-order valence-corrected chi connectivity index (χ4v) is 3.31. The van der Waals surface area contributed by atoms with E-state index in [1.54, 1.807) is 6.26 Å². The minimum atomic E-state index is -0.286. The van der Waals surface area contributed by atoms with Gasteiger partial charge in [0.25, 0.3) is 0 Å².